The second-order valence-corrected chi connectivity index (χ2v) is 1.41. The van der Waals surface area contributed by atoms with Gasteiger partial charge in [0.15, 0.2) is 0 Å². The van der Waals surface area contributed by atoms with E-state index in [2.05, 4.69) is 9.99 Å². The molecule has 0 aromatic carbocycles. The van der Waals surface area contributed by atoms with Gasteiger partial charge in [-0.05, 0) is 13.8 Å². The lowest BCUT2D eigenvalue weighted by Crippen LogP contribution is -2.00. The molecule has 0 radical (unpaired) electrons. The number of nitrogens with zero attached hydrogens (tertiary/aromatic N) is 1. The Bertz CT molecular complexity index is 70.8. The van der Waals surface area contributed by atoms with Gasteiger partial charge in [0.25, 0.3) is 0 Å². The summed E-state index contributed by atoms with van der Waals surface area (Å²) < 4.78 is 0. The standard InChI is InChI=1S/C5H11NO2/c1-3-8-6-4-5(2)7/h4-5,7H,3H2,1-2H3/b6-4+. The second-order valence-electron chi connectivity index (χ2n) is 1.41. The van der Waals surface area contributed by atoms with Crippen LogP contribution in [0.2, 0.25) is 0 Å². The fourth-order valence-electron chi connectivity index (χ4n) is 0.206. The summed E-state index contributed by atoms with van der Waals surface area (Å²) >= 11 is 0. The Morgan fingerprint density at radius 2 is 2.50 bits per heavy atom. The van der Waals surface area contributed by atoms with Gasteiger partial charge in [-0.3, -0.25) is 0 Å². The number of hydrogen-bond acceptors (Lipinski definition) is 3. The fraction of sp³-hybridized carbons (Fsp3) is 0.800. The highest BCUT2D eigenvalue weighted by atomic mass is 16.6. The van der Waals surface area contributed by atoms with Gasteiger partial charge in [-0.1, -0.05) is 5.16 Å². The smallest absolute Gasteiger partial charge is 0.114 e. The minimum Gasteiger partial charge on any atom is -0.396 e. The molecule has 0 bridgehead atoms. The highest BCUT2D eigenvalue weighted by Crippen LogP contribution is 1.75. The number of hydrogen-bond donors (Lipinski definition) is 1. The van der Waals surface area contributed by atoms with E-state index in [1.165, 1.54) is 6.21 Å². The number of rotatable bonds is 3. The van der Waals surface area contributed by atoms with E-state index in [1.807, 2.05) is 6.92 Å². The van der Waals surface area contributed by atoms with Crippen molar-refractivity contribution in [3.63, 3.8) is 0 Å². The largest absolute Gasteiger partial charge is 0.396 e. The Morgan fingerprint density at radius 1 is 1.88 bits per heavy atom. The molecule has 0 aliphatic rings. The first-order chi connectivity index (χ1) is 3.77. The van der Waals surface area contributed by atoms with Crippen molar-refractivity contribution in [3.8, 4) is 0 Å². The molecule has 0 aliphatic heterocycles. The van der Waals surface area contributed by atoms with Crippen LogP contribution < -0.4 is 0 Å². The van der Waals surface area contributed by atoms with Gasteiger partial charge in [-0.25, -0.2) is 0 Å². The monoisotopic (exact) mass is 117 g/mol. The third kappa shape index (κ3) is 5.43. The van der Waals surface area contributed by atoms with Crippen molar-refractivity contribution < 1.29 is 9.94 Å². The molecular formula is C5H11NO2. The maximum atomic E-state index is 8.55. The lowest BCUT2D eigenvalue weighted by atomic mass is 10.5. The van der Waals surface area contributed by atoms with Gasteiger partial charge < -0.3 is 9.94 Å². The maximum absolute atomic E-state index is 8.55. The molecule has 0 aromatic rings. The zero-order chi connectivity index (χ0) is 6.41. The van der Waals surface area contributed by atoms with Crippen LogP contribution in [0, 0.1) is 0 Å². The van der Waals surface area contributed by atoms with Gasteiger partial charge in [0, 0.05) is 0 Å². The first kappa shape index (κ1) is 7.43. The van der Waals surface area contributed by atoms with Crippen molar-refractivity contribution in [3.05, 3.63) is 0 Å². The minimum atomic E-state index is -0.512. The molecule has 0 aliphatic carbocycles. The van der Waals surface area contributed by atoms with E-state index in [0.29, 0.717) is 6.61 Å². The quantitative estimate of drug-likeness (QED) is 0.429. The van der Waals surface area contributed by atoms with Crippen molar-refractivity contribution >= 4 is 6.21 Å². The predicted octanol–water partition coefficient (Wildman–Crippen LogP) is 0.390. The molecule has 0 spiro atoms. The van der Waals surface area contributed by atoms with Crippen LogP contribution in [0.5, 0.6) is 0 Å². The molecule has 0 aromatic heterocycles. The van der Waals surface area contributed by atoms with Gasteiger partial charge in [-0.2, -0.15) is 0 Å². The van der Waals surface area contributed by atoms with Crippen LogP contribution in [0.4, 0.5) is 0 Å². The zero-order valence-corrected chi connectivity index (χ0v) is 5.16. The van der Waals surface area contributed by atoms with Crippen molar-refractivity contribution in [2.75, 3.05) is 6.61 Å². The van der Waals surface area contributed by atoms with Gasteiger partial charge in [0.05, 0.1) is 12.3 Å². The summed E-state index contributed by atoms with van der Waals surface area (Å²) in [6, 6.07) is 0. The maximum Gasteiger partial charge on any atom is 0.114 e. The molecule has 48 valence electrons. The summed E-state index contributed by atoms with van der Waals surface area (Å²) in [5, 5.41) is 12.0. The van der Waals surface area contributed by atoms with Crippen LogP contribution in [-0.2, 0) is 4.84 Å². The minimum absolute atomic E-state index is 0.512. The second kappa shape index (κ2) is 4.59. The van der Waals surface area contributed by atoms with E-state index in [9.17, 15) is 0 Å². The van der Waals surface area contributed by atoms with Gasteiger partial charge in [0.1, 0.15) is 6.61 Å². The highest BCUT2D eigenvalue weighted by Gasteiger charge is 1.83. The van der Waals surface area contributed by atoms with Crippen LogP contribution >= 0.6 is 0 Å². The molecule has 8 heavy (non-hydrogen) atoms. The highest BCUT2D eigenvalue weighted by molar-refractivity contribution is 5.61. The van der Waals surface area contributed by atoms with Gasteiger partial charge in [0.2, 0.25) is 0 Å². The average Bonchev–Trinajstić information content (AvgIpc) is 1.66. The van der Waals surface area contributed by atoms with E-state index in [1.54, 1.807) is 6.92 Å². The molecule has 1 N–H and O–H groups in total. The molecule has 0 rings (SSSR count). The van der Waals surface area contributed by atoms with Gasteiger partial charge >= 0.3 is 0 Å². The summed E-state index contributed by atoms with van der Waals surface area (Å²) in [4.78, 5) is 4.55. The molecule has 0 amide bonds. The van der Waals surface area contributed by atoms with E-state index in [0.717, 1.165) is 0 Å². The fourth-order valence-corrected chi connectivity index (χ4v) is 0.206. The number of oxime groups is 1. The molecular weight excluding hydrogens is 106 g/mol. The molecule has 3 heteroatoms. The lowest BCUT2D eigenvalue weighted by molar-refractivity contribution is 0.155. The predicted molar refractivity (Wildman–Crippen MR) is 31.8 cm³/mol. The van der Waals surface area contributed by atoms with Crippen molar-refractivity contribution in [1.29, 1.82) is 0 Å². The summed E-state index contributed by atoms with van der Waals surface area (Å²) in [5.41, 5.74) is 0. The first-order valence-corrected chi connectivity index (χ1v) is 2.61. The van der Waals surface area contributed by atoms with E-state index in [4.69, 9.17) is 5.11 Å². The van der Waals surface area contributed by atoms with Crippen LogP contribution in [0.1, 0.15) is 13.8 Å². The first-order valence-electron chi connectivity index (χ1n) is 2.61. The van der Waals surface area contributed by atoms with E-state index < -0.39 is 6.10 Å². The molecule has 0 saturated carbocycles. The summed E-state index contributed by atoms with van der Waals surface area (Å²) in [6.07, 6.45) is 0.824. The van der Waals surface area contributed by atoms with Crippen molar-refractivity contribution in [2.45, 2.75) is 20.0 Å². The molecule has 1 unspecified atom stereocenters. The third-order valence-electron chi connectivity index (χ3n) is 0.480. The summed E-state index contributed by atoms with van der Waals surface area (Å²) in [6.45, 7) is 3.99. The molecule has 0 saturated heterocycles. The van der Waals surface area contributed by atoms with E-state index in [-0.39, 0.29) is 0 Å². The SMILES string of the molecule is CCO/N=C/C(C)O. The topological polar surface area (TPSA) is 41.8 Å². The lowest BCUT2D eigenvalue weighted by Gasteiger charge is -1.92. The van der Waals surface area contributed by atoms with Crippen LogP contribution in [-0.4, -0.2) is 24.0 Å². The Labute approximate surface area is 49.0 Å². The van der Waals surface area contributed by atoms with Crippen LogP contribution in [0.3, 0.4) is 0 Å². The Balaban J connectivity index is 3.07. The average molecular weight is 117 g/mol. The molecule has 3 nitrogen and oxygen atoms in total. The summed E-state index contributed by atoms with van der Waals surface area (Å²) in [5.74, 6) is 0. The molecule has 0 heterocycles. The Hall–Kier alpha value is -0.570. The summed E-state index contributed by atoms with van der Waals surface area (Å²) in [7, 11) is 0. The van der Waals surface area contributed by atoms with Crippen molar-refractivity contribution in [2.24, 2.45) is 5.16 Å². The Kier molecular flexibility index (Phi) is 4.26. The zero-order valence-electron chi connectivity index (χ0n) is 5.16. The third-order valence-corrected chi connectivity index (χ3v) is 0.480. The van der Waals surface area contributed by atoms with Gasteiger partial charge in [-0.15, -0.1) is 0 Å². The Morgan fingerprint density at radius 3 is 2.88 bits per heavy atom. The molecule has 1 atom stereocenters. The normalized spacial score (nSPS) is 14.4. The number of aliphatic hydroxyl groups excluding tert-OH is 1. The van der Waals surface area contributed by atoms with Crippen LogP contribution in [0.15, 0.2) is 5.16 Å². The van der Waals surface area contributed by atoms with Crippen LogP contribution in [0.25, 0.3) is 0 Å². The van der Waals surface area contributed by atoms with Crippen molar-refractivity contribution in [1.82, 2.24) is 0 Å². The number of aliphatic hydroxyl groups is 1. The van der Waals surface area contributed by atoms with E-state index >= 15 is 0 Å². The molecule has 0 fully saturated rings.